The summed E-state index contributed by atoms with van der Waals surface area (Å²) in [4.78, 5) is 30.8. The second-order valence-electron chi connectivity index (χ2n) is 4.12. The molecule has 0 bridgehead atoms. The van der Waals surface area contributed by atoms with Crippen molar-refractivity contribution in [1.82, 2.24) is 10.3 Å². The molecule has 0 aliphatic carbocycles. The number of carboxylic acids is 1. The van der Waals surface area contributed by atoms with Gasteiger partial charge in [-0.1, -0.05) is 30.3 Å². The molecule has 1 saturated heterocycles. The quantitative estimate of drug-likeness (QED) is 0.320. The third-order valence-corrected chi connectivity index (χ3v) is 2.44. The molecule has 8 heteroatoms. The number of hydrogen-bond donors (Lipinski definition) is 4. The zero-order valence-corrected chi connectivity index (χ0v) is 10.7. The molecule has 2 rings (SSSR count). The van der Waals surface area contributed by atoms with Gasteiger partial charge in [0.15, 0.2) is 0 Å². The van der Waals surface area contributed by atoms with E-state index in [0.717, 1.165) is 10.6 Å². The number of urea groups is 1. The van der Waals surface area contributed by atoms with Gasteiger partial charge < -0.3 is 10.8 Å². The molecule has 8 nitrogen and oxygen atoms in total. The summed E-state index contributed by atoms with van der Waals surface area (Å²) in [7, 11) is 0. The van der Waals surface area contributed by atoms with Crippen LogP contribution in [-0.2, 0) is 16.0 Å². The lowest BCUT2D eigenvalue weighted by molar-refractivity contribution is -0.138. The van der Waals surface area contributed by atoms with Crippen LogP contribution >= 0.6 is 0 Å². The van der Waals surface area contributed by atoms with Crippen LogP contribution in [0.3, 0.4) is 0 Å². The van der Waals surface area contributed by atoms with E-state index in [9.17, 15) is 14.4 Å². The van der Waals surface area contributed by atoms with E-state index < -0.39 is 18.0 Å². The molecule has 1 fully saturated rings. The molecule has 1 aromatic rings. The van der Waals surface area contributed by atoms with Crippen LogP contribution in [0.15, 0.2) is 30.3 Å². The molecule has 20 heavy (non-hydrogen) atoms. The Morgan fingerprint density at radius 1 is 1.35 bits per heavy atom. The molecule has 0 saturated carbocycles. The van der Waals surface area contributed by atoms with Gasteiger partial charge in [-0.2, -0.15) is 0 Å². The van der Waals surface area contributed by atoms with Gasteiger partial charge in [0, 0.05) is 0 Å². The highest BCUT2D eigenvalue weighted by Gasteiger charge is 2.22. The predicted octanol–water partition coefficient (Wildman–Crippen LogP) is -0.947. The molecule has 108 valence electrons. The number of hydrazine groups is 1. The van der Waals surface area contributed by atoms with Crippen LogP contribution in [0.4, 0.5) is 4.79 Å². The molecule has 1 aliphatic heterocycles. The van der Waals surface area contributed by atoms with Crippen molar-refractivity contribution in [2.24, 2.45) is 11.6 Å². The fraction of sp³-hybridized carbons (Fsp3) is 0.250. The average Bonchev–Trinajstić information content (AvgIpc) is 2.68. The lowest BCUT2D eigenvalue weighted by Gasteiger charge is -2.04. The van der Waals surface area contributed by atoms with E-state index in [4.69, 9.17) is 16.7 Å². The molecule has 6 N–H and O–H groups in total. The first kappa shape index (κ1) is 15.6. The third-order valence-electron chi connectivity index (χ3n) is 2.44. The Bertz CT molecular complexity index is 491. The number of hydrogen-bond acceptors (Lipinski definition) is 5. The van der Waals surface area contributed by atoms with E-state index in [-0.39, 0.29) is 12.5 Å². The number of nitrogens with one attached hydrogen (secondary N) is 1. The van der Waals surface area contributed by atoms with Crippen LogP contribution in [0.5, 0.6) is 0 Å². The van der Waals surface area contributed by atoms with Crippen molar-refractivity contribution in [1.29, 1.82) is 0 Å². The van der Waals surface area contributed by atoms with Gasteiger partial charge in [-0.15, -0.1) is 0 Å². The van der Waals surface area contributed by atoms with Gasteiger partial charge in [-0.25, -0.2) is 10.6 Å². The van der Waals surface area contributed by atoms with Gasteiger partial charge >= 0.3 is 12.0 Å². The maximum Gasteiger partial charge on any atom is 0.338 e. The largest absolute Gasteiger partial charge is 0.480 e. The van der Waals surface area contributed by atoms with Crippen molar-refractivity contribution in [3.63, 3.8) is 0 Å². The maximum atomic E-state index is 10.4. The van der Waals surface area contributed by atoms with Crippen molar-refractivity contribution >= 4 is 17.9 Å². The Hall–Kier alpha value is -2.45. The Kier molecular flexibility index (Phi) is 5.63. The van der Waals surface area contributed by atoms with Crippen LogP contribution in [0, 0.1) is 0 Å². The zero-order valence-electron chi connectivity index (χ0n) is 10.7. The second-order valence-corrected chi connectivity index (χ2v) is 4.12. The summed E-state index contributed by atoms with van der Waals surface area (Å²) >= 11 is 0. The first-order valence-electron chi connectivity index (χ1n) is 5.78. The van der Waals surface area contributed by atoms with Crippen molar-refractivity contribution in [3.8, 4) is 0 Å². The van der Waals surface area contributed by atoms with E-state index in [1.165, 1.54) is 0 Å². The van der Waals surface area contributed by atoms with Crippen LogP contribution in [-0.4, -0.2) is 40.6 Å². The van der Waals surface area contributed by atoms with Crippen LogP contribution in [0.2, 0.25) is 0 Å². The third kappa shape index (κ3) is 5.04. The predicted molar refractivity (Wildman–Crippen MR) is 70.2 cm³/mol. The van der Waals surface area contributed by atoms with Crippen molar-refractivity contribution in [2.45, 2.75) is 12.5 Å². The normalized spacial score (nSPS) is 15.2. The van der Waals surface area contributed by atoms with E-state index in [0.29, 0.717) is 6.42 Å². The highest BCUT2D eigenvalue weighted by molar-refractivity contribution is 6.01. The molecule has 0 radical (unpaired) electrons. The summed E-state index contributed by atoms with van der Waals surface area (Å²) < 4.78 is 0. The number of rotatable bonds is 3. The first-order chi connectivity index (χ1) is 9.40. The minimum absolute atomic E-state index is 0.0289. The highest BCUT2D eigenvalue weighted by atomic mass is 16.4. The maximum absolute atomic E-state index is 10.4. The topological polar surface area (TPSA) is 139 Å². The summed E-state index contributed by atoms with van der Waals surface area (Å²) in [5, 5.41) is 11.3. The number of amides is 3. The first-order valence-corrected chi connectivity index (χ1v) is 5.78. The van der Waals surface area contributed by atoms with Gasteiger partial charge in [-0.05, 0) is 12.0 Å². The van der Waals surface area contributed by atoms with E-state index in [1.807, 2.05) is 35.6 Å². The summed E-state index contributed by atoms with van der Waals surface area (Å²) in [5.41, 5.74) is 6.30. The van der Waals surface area contributed by atoms with Crippen molar-refractivity contribution in [3.05, 3.63) is 35.9 Å². The minimum atomic E-state index is -0.959. The second kappa shape index (κ2) is 7.22. The Balaban J connectivity index is 0.000000217. The summed E-state index contributed by atoms with van der Waals surface area (Å²) in [6.07, 6.45) is 0.385. The lowest BCUT2D eigenvalue weighted by Crippen LogP contribution is -2.34. The molecular formula is C12H16N4O4. The number of carbonyl (C=O) groups excluding carboxylic acids is 2. The van der Waals surface area contributed by atoms with E-state index >= 15 is 0 Å². The number of imide groups is 1. The molecule has 1 heterocycles. The molecule has 1 aromatic carbocycles. The molecule has 1 atom stereocenters. The Labute approximate surface area is 115 Å². The highest BCUT2D eigenvalue weighted by Crippen LogP contribution is 2.01. The van der Waals surface area contributed by atoms with Crippen LogP contribution < -0.4 is 16.9 Å². The average molecular weight is 280 g/mol. The van der Waals surface area contributed by atoms with Crippen LogP contribution in [0.1, 0.15) is 5.56 Å². The number of nitrogens with two attached hydrogens (primary N) is 2. The molecule has 0 spiro atoms. The number of aliphatic carboxylic acids is 1. The lowest BCUT2D eigenvalue weighted by atomic mass is 10.1. The molecule has 3 amide bonds. The molecule has 1 aliphatic rings. The molecule has 0 aromatic heterocycles. The molecule has 0 unspecified atom stereocenters. The number of carboxylic acid groups (broad SMARTS) is 1. The fourth-order valence-corrected chi connectivity index (χ4v) is 1.41. The number of carbonyl (C=O) groups is 3. The summed E-state index contributed by atoms with van der Waals surface area (Å²) in [6, 6.07) is 8.01. The van der Waals surface area contributed by atoms with Crippen molar-refractivity contribution in [2.75, 3.05) is 6.54 Å². The standard InChI is InChI=1S/C9H11NO2.C3H5N3O2/c10-8(9(11)12)6-7-4-2-1-3-5-7;4-6-1-2(7)5-3(6)8/h1-5,8H,6,10H2,(H,11,12);1,4H2,(H,5,7,8)/t8-;/m0./s1. The van der Waals surface area contributed by atoms with E-state index in [1.54, 1.807) is 0 Å². The fourth-order valence-electron chi connectivity index (χ4n) is 1.41. The number of benzene rings is 1. The summed E-state index contributed by atoms with van der Waals surface area (Å²) in [5.74, 6) is 3.66. The Morgan fingerprint density at radius 2 is 1.95 bits per heavy atom. The summed E-state index contributed by atoms with van der Waals surface area (Å²) in [6.45, 7) is -0.0289. The van der Waals surface area contributed by atoms with E-state index in [2.05, 4.69) is 0 Å². The van der Waals surface area contributed by atoms with Gasteiger partial charge in [0.1, 0.15) is 12.6 Å². The van der Waals surface area contributed by atoms with Gasteiger partial charge in [-0.3, -0.25) is 19.9 Å². The van der Waals surface area contributed by atoms with Crippen LogP contribution in [0.25, 0.3) is 0 Å². The molecular weight excluding hydrogens is 264 g/mol. The van der Waals surface area contributed by atoms with Gasteiger partial charge in [0.25, 0.3) is 0 Å². The number of nitrogens with zero attached hydrogens (tertiary/aromatic N) is 1. The SMILES string of the molecule is NN1CC(=O)NC1=O.N[C@@H](Cc1ccccc1)C(=O)O. The Morgan fingerprint density at radius 3 is 2.30 bits per heavy atom. The zero-order chi connectivity index (χ0) is 15.1. The monoisotopic (exact) mass is 280 g/mol. The van der Waals surface area contributed by atoms with Gasteiger partial charge in [0.2, 0.25) is 5.91 Å². The smallest absolute Gasteiger partial charge is 0.338 e. The van der Waals surface area contributed by atoms with Gasteiger partial charge in [0.05, 0.1) is 0 Å². The van der Waals surface area contributed by atoms with Crippen molar-refractivity contribution < 1.29 is 19.5 Å². The minimum Gasteiger partial charge on any atom is -0.480 e.